The molecular formula is C37H42N4O2. The van der Waals surface area contributed by atoms with Crippen LogP contribution in [0, 0.1) is 5.92 Å². The lowest BCUT2D eigenvalue weighted by atomic mass is 9.89. The van der Waals surface area contributed by atoms with Crippen molar-refractivity contribution in [3.63, 3.8) is 0 Å². The van der Waals surface area contributed by atoms with Crippen molar-refractivity contribution in [2.45, 2.75) is 58.4 Å². The summed E-state index contributed by atoms with van der Waals surface area (Å²) in [6, 6.07) is 28.0. The molecular weight excluding hydrogens is 532 g/mol. The minimum absolute atomic E-state index is 0.169. The average Bonchev–Trinajstić information content (AvgIpc) is 3.05. The van der Waals surface area contributed by atoms with Crippen molar-refractivity contribution in [1.29, 1.82) is 0 Å². The first-order chi connectivity index (χ1) is 21.1. The topological polar surface area (TPSA) is 74.3 Å². The Morgan fingerprint density at radius 3 is 2.33 bits per heavy atom. The minimum atomic E-state index is -0.184. The molecule has 0 bridgehead atoms. The molecule has 1 aliphatic rings. The van der Waals surface area contributed by atoms with Gasteiger partial charge in [0, 0.05) is 49.0 Å². The third kappa shape index (κ3) is 8.54. The molecule has 3 aromatic carbocycles. The molecule has 1 aliphatic heterocycles. The number of nitrogens with one attached hydrogen (secondary N) is 2. The molecule has 4 aromatic rings. The first-order valence-electron chi connectivity index (χ1n) is 15.6. The highest BCUT2D eigenvalue weighted by Gasteiger charge is 2.24. The van der Waals surface area contributed by atoms with Gasteiger partial charge in [0.15, 0.2) is 0 Å². The lowest BCUT2D eigenvalue weighted by Crippen LogP contribution is -2.36. The Labute approximate surface area is 255 Å². The first-order valence-corrected chi connectivity index (χ1v) is 15.6. The van der Waals surface area contributed by atoms with E-state index < -0.39 is 0 Å². The van der Waals surface area contributed by atoms with E-state index in [1.807, 2.05) is 48.5 Å². The number of piperidine rings is 1. The van der Waals surface area contributed by atoms with Gasteiger partial charge in [-0.2, -0.15) is 0 Å². The molecule has 0 atom stereocenters. The lowest BCUT2D eigenvalue weighted by molar-refractivity contribution is 0.0950. The Kier molecular flexibility index (Phi) is 10.6. The normalized spacial score (nSPS) is 13.5. The van der Waals surface area contributed by atoms with Crippen LogP contribution < -0.4 is 15.5 Å². The number of hydrogen-bond donors (Lipinski definition) is 2. The number of amides is 2. The van der Waals surface area contributed by atoms with Crippen molar-refractivity contribution < 1.29 is 9.59 Å². The number of aryl methyl sites for hydroxylation is 1. The molecule has 1 aromatic heterocycles. The highest BCUT2D eigenvalue weighted by Crippen LogP contribution is 2.30. The number of nitrogens with zero attached hydrogens (tertiary/aromatic N) is 2. The van der Waals surface area contributed by atoms with Gasteiger partial charge in [-0.3, -0.25) is 14.6 Å². The second-order valence-corrected chi connectivity index (χ2v) is 11.5. The largest absolute Gasteiger partial charge is 0.371 e. The highest BCUT2D eigenvalue weighted by molar-refractivity contribution is 6.06. The van der Waals surface area contributed by atoms with Crippen molar-refractivity contribution in [2.24, 2.45) is 5.92 Å². The molecule has 2 amide bonds. The number of aromatic nitrogens is 1. The van der Waals surface area contributed by atoms with Crippen LogP contribution in [0.3, 0.4) is 0 Å². The van der Waals surface area contributed by atoms with Crippen LogP contribution in [0.2, 0.25) is 0 Å². The van der Waals surface area contributed by atoms with Gasteiger partial charge in [0.1, 0.15) is 0 Å². The summed E-state index contributed by atoms with van der Waals surface area (Å²) in [4.78, 5) is 33.2. The zero-order valence-corrected chi connectivity index (χ0v) is 25.1. The summed E-state index contributed by atoms with van der Waals surface area (Å²) in [5.41, 5.74) is 6.22. The average molecular weight is 575 g/mol. The summed E-state index contributed by atoms with van der Waals surface area (Å²) < 4.78 is 0. The third-order valence-corrected chi connectivity index (χ3v) is 8.28. The van der Waals surface area contributed by atoms with E-state index in [2.05, 4.69) is 57.8 Å². The maximum Gasteiger partial charge on any atom is 0.255 e. The number of anilines is 2. The molecule has 0 spiro atoms. The molecule has 0 unspecified atom stereocenters. The molecule has 6 nitrogen and oxygen atoms in total. The minimum Gasteiger partial charge on any atom is -0.371 e. The Morgan fingerprint density at radius 2 is 1.60 bits per heavy atom. The number of rotatable bonds is 12. The van der Waals surface area contributed by atoms with E-state index in [1.165, 1.54) is 24.0 Å². The van der Waals surface area contributed by atoms with Gasteiger partial charge in [-0.1, -0.05) is 68.3 Å². The van der Waals surface area contributed by atoms with Gasteiger partial charge >= 0.3 is 0 Å². The van der Waals surface area contributed by atoms with Gasteiger partial charge in [0.2, 0.25) is 0 Å². The second kappa shape index (κ2) is 15.1. The second-order valence-electron chi connectivity index (χ2n) is 11.5. The van der Waals surface area contributed by atoms with Crippen molar-refractivity contribution in [1.82, 2.24) is 10.3 Å². The van der Waals surface area contributed by atoms with Crippen molar-refractivity contribution in [3.8, 4) is 0 Å². The molecule has 43 heavy (non-hydrogen) atoms. The standard InChI is InChI=1S/C37H42N4O2/c1-2-3-5-9-28-13-15-32(16-14-28)36(42)40-33-17-18-35(34(25-33)37(43)39-27-31-12-8-21-38-26-31)41-22-19-30(20-23-41)24-29-10-6-4-7-11-29/h4,6-8,10-18,21,25-26,30H,2-3,5,9,19-20,22-24,27H2,1H3,(H,39,43)(H,40,42). The Morgan fingerprint density at radius 1 is 0.837 bits per heavy atom. The highest BCUT2D eigenvalue weighted by atomic mass is 16.2. The van der Waals surface area contributed by atoms with Gasteiger partial charge < -0.3 is 15.5 Å². The van der Waals surface area contributed by atoms with Gasteiger partial charge in [-0.05, 0) is 91.1 Å². The Bertz CT molecular complexity index is 1460. The van der Waals surface area contributed by atoms with Gasteiger partial charge in [-0.15, -0.1) is 0 Å². The lowest BCUT2D eigenvalue weighted by Gasteiger charge is -2.35. The maximum atomic E-state index is 13.6. The molecule has 1 fully saturated rings. The smallest absolute Gasteiger partial charge is 0.255 e. The van der Waals surface area contributed by atoms with Crippen LogP contribution in [0.5, 0.6) is 0 Å². The number of pyridine rings is 1. The zero-order valence-electron chi connectivity index (χ0n) is 25.1. The van der Waals surface area contributed by atoms with Gasteiger partial charge in [0.25, 0.3) is 11.8 Å². The van der Waals surface area contributed by atoms with E-state index in [0.717, 1.165) is 56.4 Å². The van der Waals surface area contributed by atoms with E-state index >= 15 is 0 Å². The summed E-state index contributed by atoms with van der Waals surface area (Å²) in [6.07, 6.45) is 11.3. The van der Waals surface area contributed by atoms with Gasteiger partial charge in [0.05, 0.1) is 5.56 Å². The molecule has 0 aliphatic carbocycles. The van der Waals surface area contributed by atoms with Crippen LogP contribution in [0.1, 0.15) is 76.4 Å². The molecule has 0 radical (unpaired) electrons. The summed E-state index contributed by atoms with van der Waals surface area (Å²) in [5, 5.41) is 6.07. The van der Waals surface area contributed by atoms with E-state index in [1.54, 1.807) is 18.5 Å². The molecule has 2 N–H and O–H groups in total. The number of hydrogen-bond acceptors (Lipinski definition) is 4. The van der Waals surface area contributed by atoms with Crippen LogP contribution in [-0.2, 0) is 19.4 Å². The summed E-state index contributed by atoms with van der Waals surface area (Å²) in [6.45, 7) is 4.35. The Hall–Kier alpha value is -4.45. The fourth-order valence-corrected chi connectivity index (χ4v) is 5.78. The quantitative estimate of drug-likeness (QED) is 0.172. The Balaban J connectivity index is 1.29. The fourth-order valence-electron chi connectivity index (χ4n) is 5.78. The molecule has 1 saturated heterocycles. The number of unbranched alkanes of at least 4 members (excludes halogenated alkanes) is 2. The maximum absolute atomic E-state index is 13.6. The van der Waals surface area contributed by atoms with E-state index in [4.69, 9.17) is 0 Å². The molecule has 0 saturated carbocycles. The van der Waals surface area contributed by atoms with E-state index in [0.29, 0.717) is 29.3 Å². The number of carbonyl (C=O) groups is 2. The van der Waals surface area contributed by atoms with Crippen molar-refractivity contribution in [2.75, 3.05) is 23.3 Å². The third-order valence-electron chi connectivity index (χ3n) is 8.28. The first kappa shape index (κ1) is 30.0. The fraction of sp³-hybridized carbons (Fsp3) is 0.324. The van der Waals surface area contributed by atoms with Crippen molar-refractivity contribution >= 4 is 23.2 Å². The number of carbonyl (C=O) groups excluding carboxylic acids is 2. The van der Waals surface area contributed by atoms with Crippen LogP contribution in [-0.4, -0.2) is 29.9 Å². The number of benzene rings is 3. The predicted octanol–water partition coefficient (Wildman–Crippen LogP) is 7.46. The SMILES string of the molecule is CCCCCc1ccc(C(=O)Nc2ccc(N3CCC(Cc4ccccc4)CC3)c(C(=O)NCc3cccnc3)c2)cc1. The van der Waals surface area contributed by atoms with Crippen molar-refractivity contribution in [3.05, 3.63) is 125 Å². The molecule has 222 valence electrons. The van der Waals surface area contributed by atoms with E-state index in [9.17, 15) is 9.59 Å². The van der Waals surface area contributed by atoms with Gasteiger partial charge in [-0.25, -0.2) is 0 Å². The van der Waals surface area contributed by atoms with Crippen LogP contribution in [0.15, 0.2) is 97.3 Å². The summed E-state index contributed by atoms with van der Waals surface area (Å²) in [7, 11) is 0. The van der Waals surface area contributed by atoms with E-state index in [-0.39, 0.29) is 11.8 Å². The predicted molar refractivity (Wildman–Crippen MR) is 175 cm³/mol. The van der Waals surface area contributed by atoms with Crippen LogP contribution in [0.25, 0.3) is 0 Å². The van der Waals surface area contributed by atoms with Crippen LogP contribution >= 0.6 is 0 Å². The molecule has 5 rings (SSSR count). The summed E-state index contributed by atoms with van der Waals surface area (Å²) in [5.74, 6) is 0.271. The molecule has 2 heterocycles. The zero-order chi connectivity index (χ0) is 29.9. The monoisotopic (exact) mass is 574 g/mol. The summed E-state index contributed by atoms with van der Waals surface area (Å²) >= 11 is 0. The molecule has 6 heteroatoms. The van der Waals surface area contributed by atoms with Crippen LogP contribution in [0.4, 0.5) is 11.4 Å².